The second-order valence-corrected chi connectivity index (χ2v) is 5.90. The van der Waals surface area contributed by atoms with Crippen LogP contribution in [0.5, 0.6) is 0 Å². The maximum absolute atomic E-state index is 6.15. The molecule has 100 valence electrons. The molecule has 1 fully saturated rings. The van der Waals surface area contributed by atoms with Crippen LogP contribution in [0.3, 0.4) is 0 Å². The van der Waals surface area contributed by atoms with Crippen LogP contribution in [0.1, 0.15) is 31.2 Å². The van der Waals surface area contributed by atoms with E-state index in [0.717, 1.165) is 32.5 Å². The largest absolute Gasteiger partial charge is 0.330 e. The summed E-state index contributed by atoms with van der Waals surface area (Å²) in [6, 6.07) is 6.03. The van der Waals surface area contributed by atoms with Gasteiger partial charge in [0.05, 0.1) is 10.0 Å². The first-order valence-electron chi connectivity index (χ1n) is 6.54. The van der Waals surface area contributed by atoms with Gasteiger partial charge in [-0.05, 0) is 56.5 Å². The molecule has 1 saturated heterocycles. The smallest absolute Gasteiger partial charge is 0.0595 e. The van der Waals surface area contributed by atoms with E-state index in [2.05, 4.69) is 11.4 Å². The normalized spacial score (nSPS) is 24.2. The number of hydrogen-bond acceptors (Lipinski definition) is 2. The van der Waals surface area contributed by atoms with Crippen LogP contribution in [0.25, 0.3) is 0 Å². The second kappa shape index (κ2) is 6.25. The fourth-order valence-corrected chi connectivity index (χ4v) is 3.14. The summed E-state index contributed by atoms with van der Waals surface area (Å²) in [4.78, 5) is 0. The summed E-state index contributed by atoms with van der Waals surface area (Å²) in [7, 11) is 0. The van der Waals surface area contributed by atoms with Gasteiger partial charge in [-0.3, -0.25) is 0 Å². The zero-order valence-electron chi connectivity index (χ0n) is 10.5. The van der Waals surface area contributed by atoms with Crippen molar-refractivity contribution in [2.24, 2.45) is 5.73 Å². The lowest BCUT2D eigenvalue weighted by molar-refractivity contribution is 0.288. The molecule has 18 heavy (non-hydrogen) atoms. The molecule has 0 radical (unpaired) electrons. The van der Waals surface area contributed by atoms with Gasteiger partial charge < -0.3 is 11.1 Å². The van der Waals surface area contributed by atoms with Crippen LogP contribution in [-0.4, -0.2) is 19.6 Å². The van der Waals surface area contributed by atoms with Crippen LogP contribution in [0, 0.1) is 0 Å². The van der Waals surface area contributed by atoms with E-state index in [1.807, 2.05) is 12.1 Å². The summed E-state index contributed by atoms with van der Waals surface area (Å²) in [6.07, 6.45) is 4.54. The summed E-state index contributed by atoms with van der Waals surface area (Å²) in [5.74, 6) is 0. The van der Waals surface area contributed by atoms with E-state index in [1.165, 1.54) is 18.4 Å². The summed E-state index contributed by atoms with van der Waals surface area (Å²) in [5.41, 5.74) is 7.13. The third-order valence-electron chi connectivity index (χ3n) is 3.86. The van der Waals surface area contributed by atoms with E-state index in [0.29, 0.717) is 10.0 Å². The molecule has 1 aromatic carbocycles. The Morgan fingerprint density at radius 1 is 1.28 bits per heavy atom. The minimum Gasteiger partial charge on any atom is -0.330 e. The van der Waals surface area contributed by atoms with Gasteiger partial charge in [-0.25, -0.2) is 0 Å². The lowest BCUT2D eigenvalue weighted by Crippen LogP contribution is -2.43. The molecule has 1 atom stereocenters. The van der Waals surface area contributed by atoms with Crippen molar-refractivity contribution in [1.82, 2.24) is 5.32 Å². The van der Waals surface area contributed by atoms with Crippen LogP contribution in [0.4, 0.5) is 0 Å². The maximum atomic E-state index is 6.15. The van der Waals surface area contributed by atoms with Crippen LogP contribution in [0.2, 0.25) is 10.0 Å². The Balaban J connectivity index is 2.29. The van der Waals surface area contributed by atoms with Crippen molar-refractivity contribution in [2.75, 3.05) is 19.6 Å². The standard InChI is InChI=1S/C14H20Cl2N2/c15-12-4-3-11(9-13(12)16)14(5-1-7-17)6-2-8-18-10-14/h3-4,9,18H,1-2,5-8,10,17H2. The van der Waals surface area contributed by atoms with Gasteiger partial charge in [-0.15, -0.1) is 0 Å². The van der Waals surface area contributed by atoms with Gasteiger partial charge in [0, 0.05) is 12.0 Å². The van der Waals surface area contributed by atoms with Gasteiger partial charge in [-0.1, -0.05) is 29.3 Å². The van der Waals surface area contributed by atoms with E-state index in [-0.39, 0.29) is 5.41 Å². The molecule has 0 aromatic heterocycles. The van der Waals surface area contributed by atoms with E-state index >= 15 is 0 Å². The Morgan fingerprint density at radius 3 is 2.72 bits per heavy atom. The molecule has 0 saturated carbocycles. The molecule has 1 heterocycles. The summed E-state index contributed by atoms with van der Waals surface area (Å²) < 4.78 is 0. The average Bonchev–Trinajstić information content (AvgIpc) is 2.40. The molecule has 1 aliphatic rings. The summed E-state index contributed by atoms with van der Waals surface area (Å²) in [6.45, 7) is 2.85. The van der Waals surface area contributed by atoms with Crippen LogP contribution >= 0.6 is 23.2 Å². The lowest BCUT2D eigenvalue weighted by Gasteiger charge is -2.38. The summed E-state index contributed by atoms with van der Waals surface area (Å²) in [5, 5.41) is 4.77. The predicted molar refractivity (Wildman–Crippen MR) is 78.5 cm³/mol. The first-order valence-corrected chi connectivity index (χ1v) is 7.30. The molecule has 3 N–H and O–H groups in total. The molecular formula is C14H20Cl2N2. The molecule has 0 aliphatic carbocycles. The molecule has 0 amide bonds. The fraction of sp³-hybridized carbons (Fsp3) is 0.571. The van der Waals surface area contributed by atoms with Crippen LogP contribution in [-0.2, 0) is 5.41 Å². The maximum Gasteiger partial charge on any atom is 0.0595 e. The van der Waals surface area contributed by atoms with Crippen molar-refractivity contribution < 1.29 is 0 Å². The molecular weight excluding hydrogens is 267 g/mol. The van der Waals surface area contributed by atoms with Crippen LogP contribution in [0.15, 0.2) is 18.2 Å². The monoisotopic (exact) mass is 286 g/mol. The molecule has 1 aromatic rings. The average molecular weight is 287 g/mol. The van der Waals surface area contributed by atoms with Gasteiger partial charge in [0.15, 0.2) is 0 Å². The number of nitrogens with two attached hydrogens (primary N) is 1. The first-order chi connectivity index (χ1) is 8.68. The van der Waals surface area contributed by atoms with E-state index in [9.17, 15) is 0 Å². The van der Waals surface area contributed by atoms with Gasteiger partial charge in [-0.2, -0.15) is 0 Å². The minimum atomic E-state index is 0.172. The van der Waals surface area contributed by atoms with E-state index in [1.54, 1.807) is 0 Å². The van der Waals surface area contributed by atoms with Gasteiger partial charge in [0.25, 0.3) is 0 Å². The number of benzene rings is 1. The number of hydrogen-bond donors (Lipinski definition) is 2. The minimum absolute atomic E-state index is 0.172. The molecule has 1 unspecified atom stereocenters. The van der Waals surface area contributed by atoms with E-state index in [4.69, 9.17) is 28.9 Å². The third-order valence-corrected chi connectivity index (χ3v) is 4.60. The molecule has 1 aliphatic heterocycles. The zero-order valence-corrected chi connectivity index (χ0v) is 12.0. The van der Waals surface area contributed by atoms with Crippen LogP contribution < -0.4 is 11.1 Å². The molecule has 0 bridgehead atoms. The highest BCUT2D eigenvalue weighted by molar-refractivity contribution is 6.42. The zero-order chi connectivity index (χ0) is 13.0. The number of nitrogens with one attached hydrogen (secondary N) is 1. The van der Waals surface area contributed by atoms with E-state index < -0.39 is 0 Å². The molecule has 2 rings (SSSR count). The van der Waals surface area contributed by atoms with Crippen molar-refractivity contribution in [3.8, 4) is 0 Å². The summed E-state index contributed by atoms with van der Waals surface area (Å²) >= 11 is 12.2. The number of rotatable bonds is 4. The molecule has 4 heteroatoms. The van der Waals surface area contributed by atoms with Gasteiger partial charge >= 0.3 is 0 Å². The highest BCUT2D eigenvalue weighted by Crippen LogP contribution is 2.38. The Kier molecular flexibility index (Phi) is 4.91. The molecule has 2 nitrogen and oxygen atoms in total. The first kappa shape index (κ1) is 14.1. The predicted octanol–water partition coefficient (Wildman–Crippen LogP) is 3.35. The Morgan fingerprint density at radius 2 is 2.11 bits per heavy atom. The fourth-order valence-electron chi connectivity index (χ4n) is 2.84. The van der Waals surface area contributed by atoms with Crippen molar-refractivity contribution in [3.63, 3.8) is 0 Å². The Bertz CT molecular complexity index is 401. The van der Waals surface area contributed by atoms with Crippen molar-refractivity contribution in [3.05, 3.63) is 33.8 Å². The highest BCUT2D eigenvalue weighted by Gasteiger charge is 2.33. The van der Waals surface area contributed by atoms with Gasteiger partial charge in [0.2, 0.25) is 0 Å². The molecule has 0 spiro atoms. The number of piperidine rings is 1. The lowest BCUT2D eigenvalue weighted by atomic mass is 9.71. The van der Waals surface area contributed by atoms with Crippen molar-refractivity contribution in [1.29, 1.82) is 0 Å². The highest BCUT2D eigenvalue weighted by atomic mass is 35.5. The quantitative estimate of drug-likeness (QED) is 0.891. The third kappa shape index (κ3) is 3.00. The van der Waals surface area contributed by atoms with Gasteiger partial charge in [0.1, 0.15) is 0 Å². The Labute approximate surface area is 119 Å². The van der Waals surface area contributed by atoms with Crippen molar-refractivity contribution >= 4 is 23.2 Å². The Hall–Kier alpha value is -0.280. The topological polar surface area (TPSA) is 38.0 Å². The SMILES string of the molecule is NCCCC1(c2ccc(Cl)c(Cl)c2)CCCNC1. The second-order valence-electron chi connectivity index (χ2n) is 5.08. The van der Waals surface area contributed by atoms with Crippen molar-refractivity contribution in [2.45, 2.75) is 31.1 Å². The number of halogens is 2.